The standard InChI is InChI=1S/C17H19N3O2/c1-11(2)19-16(21)12-7-9-13(10-8-12)20-17(22)14-5-3-4-6-15(14)18/h3-11H,18H2,1-2H3,(H,19,21)(H,20,22). The van der Waals surface area contributed by atoms with Crippen molar-refractivity contribution in [1.82, 2.24) is 5.32 Å². The minimum atomic E-state index is -0.280. The molecule has 0 aliphatic carbocycles. The van der Waals surface area contributed by atoms with Gasteiger partial charge in [-0.05, 0) is 50.2 Å². The fourth-order valence-corrected chi connectivity index (χ4v) is 1.95. The number of hydrogen-bond donors (Lipinski definition) is 3. The summed E-state index contributed by atoms with van der Waals surface area (Å²) in [5, 5.41) is 5.57. The Labute approximate surface area is 129 Å². The monoisotopic (exact) mass is 297 g/mol. The number of amides is 2. The number of para-hydroxylation sites is 1. The smallest absolute Gasteiger partial charge is 0.257 e. The molecule has 114 valence electrons. The summed E-state index contributed by atoms with van der Waals surface area (Å²) >= 11 is 0. The number of nitrogens with one attached hydrogen (secondary N) is 2. The van der Waals surface area contributed by atoms with E-state index in [1.165, 1.54) is 0 Å². The Hall–Kier alpha value is -2.82. The van der Waals surface area contributed by atoms with Crippen molar-refractivity contribution >= 4 is 23.2 Å². The lowest BCUT2D eigenvalue weighted by atomic mass is 10.1. The fraction of sp³-hybridized carbons (Fsp3) is 0.176. The number of nitrogens with two attached hydrogens (primary N) is 1. The largest absolute Gasteiger partial charge is 0.398 e. The number of carbonyl (C=O) groups is 2. The maximum Gasteiger partial charge on any atom is 0.257 e. The first kappa shape index (κ1) is 15.6. The van der Waals surface area contributed by atoms with Gasteiger partial charge >= 0.3 is 0 Å². The average molecular weight is 297 g/mol. The van der Waals surface area contributed by atoms with Crippen molar-refractivity contribution in [2.24, 2.45) is 0 Å². The van der Waals surface area contributed by atoms with Crippen LogP contribution in [0.5, 0.6) is 0 Å². The molecule has 2 rings (SSSR count). The highest BCUT2D eigenvalue weighted by Gasteiger charge is 2.10. The summed E-state index contributed by atoms with van der Waals surface area (Å²) in [6.45, 7) is 3.80. The van der Waals surface area contributed by atoms with Crippen LogP contribution in [0.2, 0.25) is 0 Å². The topological polar surface area (TPSA) is 84.2 Å². The van der Waals surface area contributed by atoms with Gasteiger partial charge in [-0.1, -0.05) is 12.1 Å². The number of hydrogen-bond acceptors (Lipinski definition) is 3. The third kappa shape index (κ3) is 3.85. The summed E-state index contributed by atoms with van der Waals surface area (Å²) in [5.41, 5.74) is 7.77. The van der Waals surface area contributed by atoms with Crippen LogP contribution in [-0.4, -0.2) is 17.9 Å². The van der Waals surface area contributed by atoms with Crippen molar-refractivity contribution in [3.05, 3.63) is 59.7 Å². The SMILES string of the molecule is CC(C)NC(=O)c1ccc(NC(=O)c2ccccc2N)cc1. The van der Waals surface area contributed by atoms with Crippen LogP contribution in [0.25, 0.3) is 0 Å². The van der Waals surface area contributed by atoms with Crippen LogP contribution in [-0.2, 0) is 0 Å². The van der Waals surface area contributed by atoms with Gasteiger partial charge in [-0.2, -0.15) is 0 Å². The molecule has 0 heterocycles. The first-order valence-corrected chi connectivity index (χ1v) is 7.04. The Morgan fingerprint density at radius 2 is 1.59 bits per heavy atom. The zero-order valence-corrected chi connectivity index (χ0v) is 12.6. The molecule has 2 amide bonds. The van der Waals surface area contributed by atoms with E-state index in [-0.39, 0.29) is 17.9 Å². The van der Waals surface area contributed by atoms with E-state index in [1.54, 1.807) is 48.5 Å². The molecule has 4 N–H and O–H groups in total. The quantitative estimate of drug-likeness (QED) is 0.758. The molecule has 22 heavy (non-hydrogen) atoms. The highest BCUT2D eigenvalue weighted by Crippen LogP contribution is 2.15. The van der Waals surface area contributed by atoms with Crippen LogP contribution in [0.3, 0.4) is 0 Å². The molecular formula is C17H19N3O2. The molecule has 5 nitrogen and oxygen atoms in total. The minimum Gasteiger partial charge on any atom is -0.398 e. The Kier molecular flexibility index (Phi) is 4.78. The summed E-state index contributed by atoms with van der Waals surface area (Å²) in [6.07, 6.45) is 0. The second kappa shape index (κ2) is 6.76. The van der Waals surface area contributed by atoms with Crippen LogP contribution in [0, 0.1) is 0 Å². The molecule has 0 saturated carbocycles. The normalized spacial score (nSPS) is 10.3. The van der Waals surface area contributed by atoms with Crippen molar-refractivity contribution in [3.63, 3.8) is 0 Å². The van der Waals surface area contributed by atoms with Crippen LogP contribution in [0.1, 0.15) is 34.6 Å². The molecule has 0 spiro atoms. The summed E-state index contributed by atoms with van der Waals surface area (Å²) < 4.78 is 0. The van der Waals surface area contributed by atoms with Crippen molar-refractivity contribution in [1.29, 1.82) is 0 Å². The van der Waals surface area contributed by atoms with Crippen molar-refractivity contribution in [2.45, 2.75) is 19.9 Å². The molecule has 0 fully saturated rings. The molecule has 0 aliphatic rings. The molecule has 2 aromatic rings. The summed E-state index contributed by atoms with van der Waals surface area (Å²) in [6, 6.07) is 13.7. The third-order valence-corrected chi connectivity index (χ3v) is 3.03. The Morgan fingerprint density at radius 3 is 2.18 bits per heavy atom. The zero-order valence-electron chi connectivity index (χ0n) is 12.6. The summed E-state index contributed by atoms with van der Waals surface area (Å²) in [7, 11) is 0. The van der Waals surface area contributed by atoms with E-state index in [0.29, 0.717) is 22.5 Å². The van der Waals surface area contributed by atoms with Gasteiger partial charge in [-0.3, -0.25) is 9.59 Å². The molecule has 5 heteroatoms. The number of nitrogen functional groups attached to an aromatic ring is 1. The maximum absolute atomic E-state index is 12.1. The lowest BCUT2D eigenvalue weighted by molar-refractivity contribution is 0.0942. The second-order valence-electron chi connectivity index (χ2n) is 5.25. The lowest BCUT2D eigenvalue weighted by Crippen LogP contribution is -2.30. The molecular weight excluding hydrogens is 278 g/mol. The zero-order chi connectivity index (χ0) is 16.1. The average Bonchev–Trinajstić information content (AvgIpc) is 2.47. The predicted octanol–water partition coefficient (Wildman–Crippen LogP) is 2.66. The molecule has 0 aromatic heterocycles. The molecule has 0 unspecified atom stereocenters. The minimum absolute atomic E-state index is 0.0768. The van der Waals surface area contributed by atoms with Crippen molar-refractivity contribution in [3.8, 4) is 0 Å². The Morgan fingerprint density at radius 1 is 0.955 bits per heavy atom. The van der Waals surface area contributed by atoms with E-state index in [0.717, 1.165) is 0 Å². The fourth-order valence-electron chi connectivity index (χ4n) is 1.95. The van der Waals surface area contributed by atoms with E-state index in [2.05, 4.69) is 10.6 Å². The lowest BCUT2D eigenvalue weighted by Gasteiger charge is -2.10. The van der Waals surface area contributed by atoms with Gasteiger partial charge in [-0.25, -0.2) is 0 Å². The van der Waals surface area contributed by atoms with E-state index in [9.17, 15) is 9.59 Å². The van der Waals surface area contributed by atoms with Crippen molar-refractivity contribution < 1.29 is 9.59 Å². The number of anilines is 2. The van der Waals surface area contributed by atoms with E-state index >= 15 is 0 Å². The molecule has 0 bridgehead atoms. The van der Waals surface area contributed by atoms with Gasteiger partial charge in [0, 0.05) is 23.0 Å². The first-order valence-electron chi connectivity index (χ1n) is 7.04. The third-order valence-electron chi connectivity index (χ3n) is 3.03. The van der Waals surface area contributed by atoms with E-state index < -0.39 is 0 Å². The van der Waals surface area contributed by atoms with E-state index in [1.807, 2.05) is 13.8 Å². The molecule has 0 saturated heterocycles. The van der Waals surface area contributed by atoms with Crippen LogP contribution in [0.4, 0.5) is 11.4 Å². The van der Waals surface area contributed by atoms with Gasteiger partial charge < -0.3 is 16.4 Å². The highest BCUT2D eigenvalue weighted by molar-refractivity contribution is 6.07. The second-order valence-corrected chi connectivity index (χ2v) is 5.25. The highest BCUT2D eigenvalue weighted by atomic mass is 16.2. The van der Waals surface area contributed by atoms with Gasteiger partial charge in [0.15, 0.2) is 0 Å². The first-order chi connectivity index (χ1) is 10.5. The predicted molar refractivity (Wildman–Crippen MR) is 87.9 cm³/mol. The maximum atomic E-state index is 12.1. The van der Waals surface area contributed by atoms with Gasteiger partial charge in [0.1, 0.15) is 0 Å². The molecule has 0 radical (unpaired) electrons. The van der Waals surface area contributed by atoms with Crippen LogP contribution < -0.4 is 16.4 Å². The molecule has 0 aliphatic heterocycles. The Balaban J connectivity index is 2.07. The van der Waals surface area contributed by atoms with Crippen molar-refractivity contribution in [2.75, 3.05) is 11.1 Å². The molecule has 0 atom stereocenters. The molecule has 2 aromatic carbocycles. The van der Waals surface area contributed by atoms with Crippen LogP contribution >= 0.6 is 0 Å². The summed E-state index contributed by atoms with van der Waals surface area (Å²) in [5.74, 6) is -0.419. The van der Waals surface area contributed by atoms with Gasteiger partial charge in [0.2, 0.25) is 0 Å². The number of rotatable bonds is 4. The van der Waals surface area contributed by atoms with Gasteiger partial charge in [0.25, 0.3) is 11.8 Å². The van der Waals surface area contributed by atoms with Gasteiger partial charge in [0.05, 0.1) is 5.56 Å². The number of benzene rings is 2. The number of carbonyl (C=O) groups excluding carboxylic acids is 2. The van der Waals surface area contributed by atoms with E-state index in [4.69, 9.17) is 5.73 Å². The Bertz CT molecular complexity index is 679. The van der Waals surface area contributed by atoms with Gasteiger partial charge in [-0.15, -0.1) is 0 Å². The van der Waals surface area contributed by atoms with Crippen LogP contribution in [0.15, 0.2) is 48.5 Å². The summed E-state index contributed by atoms with van der Waals surface area (Å²) in [4.78, 5) is 24.0.